The van der Waals surface area contributed by atoms with E-state index in [1.54, 1.807) is 17.5 Å². The molecule has 6 heteroatoms. The van der Waals surface area contributed by atoms with Crippen LogP contribution in [0.25, 0.3) is 0 Å². The Morgan fingerprint density at radius 1 is 1.40 bits per heavy atom. The molecule has 1 saturated carbocycles. The molecule has 0 radical (unpaired) electrons. The fraction of sp³-hybridized carbons (Fsp3) is 0.643. The van der Waals surface area contributed by atoms with Crippen LogP contribution in [0.15, 0.2) is 11.6 Å². The number of hydrogen-bond donors (Lipinski definition) is 2. The lowest BCUT2D eigenvalue weighted by molar-refractivity contribution is -0.128. The molecule has 1 fully saturated rings. The molecular weight excluding hydrogens is 290 g/mol. The van der Waals surface area contributed by atoms with Crippen molar-refractivity contribution in [3.63, 3.8) is 0 Å². The molecule has 20 heavy (non-hydrogen) atoms. The van der Waals surface area contributed by atoms with Gasteiger partial charge in [0.25, 0.3) is 0 Å². The number of nitrogens with two attached hydrogens (primary N) is 1. The first-order valence-corrected chi connectivity index (χ1v) is 8.40. The third-order valence-electron chi connectivity index (χ3n) is 3.97. The van der Waals surface area contributed by atoms with Gasteiger partial charge in [-0.05, 0) is 12.8 Å². The number of nitrogens with zero attached hydrogens (tertiary/aromatic N) is 1. The highest BCUT2D eigenvalue weighted by atomic mass is 32.1. The quantitative estimate of drug-likeness (QED) is 0.647. The van der Waals surface area contributed by atoms with E-state index >= 15 is 0 Å². The van der Waals surface area contributed by atoms with E-state index in [0.717, 1.165) is 50.0 Å². The van der Waals surface area contributed by atoms with Crippen LogP contribution in [0.4, 0.5) is 0 Å². The average molecular weight is 311 g/mol. The van der Waals surface area contributed by atoms with E-state index < -0.39 is 5.41 Å². The van der Waals surface area contributed by atoms with Gasteiger partial charge in [0.15, 0.2) is 0 Å². The van der Waals surface area contributed by atoms with Crippen molar-refractivity contribution in [1.29, 1.82) is 0 Å². The third-order valence-corrected chi connectivity index (χ3v) is 5.20. The summed E-state index contributed by atoms with van der Waals surface area (Å²) in [7, 11) is 0. The Morgan fingerprint density at radius 2 is 2.10 bits per heavy atom. The zero-order chi connectivity index (χ0) is 14.4. The van der Waals surface area contributed by atoms with Gasteiger partial charge in [-0.2, -0.15) is 0 Å². The molecule has 0 bridgehead atoms. The summed E-state index contributed by atoms with van der Waals surface area (Å²) in [6.07, 6.45) is 8.49. The van der Waals surface area contributed by atoms with Crippen LogP contribution in [0.3, 0.4) is 0 Å². The molecule has 0 aliphatic heterocycles. The monoisotopic (exact) mass is 311 g/mol. The van der Waals surface area contributed by atoms with Crippen molar-refractivity contribution >= 4 is 34.5 Å². The summed E-state index contributed by atoms with van der Waals surface area (Å²) in [5.74, 6) is 0.00320. The molecule has 1 aliphatic rings. The summed E-state index contributed by atoms with van der Waals surface area (Å²) >= 11 is 6.81. The standard InChI is InChI=1S/C14H21N3OS2/c15-12(19)14(6-3-1-2-4-7-14)13(18)17-8-5-11-16-9-10-20-11/h9-10H,1-8H2,(H2,15,19)(H,17,18). The average Bonchev–Trinajstić information content (AvgIpc) is 2.80. The second-order valence-corrected chi connectivity index (χ2v) is 6.71. The molecule has 110 valence electrons. The number of carbonyl (C=O) groups is 1. The maximum Gasteiger partial charge on any atom is 0.233 e. The highest BCUT2D eigenvalue weighted by Crippen LogP contribution is 2.35. The lowest BCUT2D eigenvalue weighted by Crippen LogP contribution is -2.49. The Balaban J connectivity index is 1.94. The van der Waals surface area contributed by atoms with Crippen molar-refractivity contribution in [2.45, 2.75) is 44.9 Å². The van der Waals surface area contributed by atoms with Crippen LogP contribution in [0.5, 0.6) is 0 Å². The van der Waals surface area contributed by atoms with Crippen molar-refractivity contribution in [2.24, 2.45) is 11.1 Å². The topological polar surface area (TPSA) is 68.0 Å². The first-order chi connectivity index (χ1) is 9.65. The molecule has 1 aliphatic carbocycles. The Bertz CT molecular complexity index is 451. The van der Waals surface area contributed by atoms with E-state index in [-0.39, 0.29) is 5.91 Å². The van der Waals surface area contributed by atoms with Gasteiger partial charge in [0.05, 0.1) is 15.4 Å². The molecule has 1 aromatic rings. The smallest absolute Gasteiger partial charge is 0.233 e. The fourth-order valence-electron chi connectivity index (χ4n) is 2.75. The molecule has 0 saturated heterocycles. The van der Waals surface area contributed by atoms with Crippen molar-refractivity contribution in [3.8, 4) is 0 Å². The maximum absolute atomic E-state index is 12.5. The zero-order valence-electron chi connectivity index (χ0n) is 11.6. The second kappa shape index (κ2) is 7.13. The van der Waals surface area contributed by atoms with Gasteiger partial charge in [-0.15, -0.1) is 11.3 Å². The van der Waals surface area contributed by atoms with Crippen molar-refractivity contribution in [2.75, 3.05) is 6.54 Å². The fourth-order valence-corrected chi connectivity index (χ4v) is 3.66. The van der Waals surface area contributed by atoms with Crippen LogP contribution in [0.1, 0.15) is 43.5 Å². The van der Waals surface area contributed by atoms with E-state index in [9.17, 15) is 4.79 Å². The van der Waals surface area contributed by atoms with Gasteiger partial charge in [0, 0.05) is 24.5 Å². The number of thiocarbonyl (C=S) groups is 1. The van der Waals surface area contributed by atoms with Crippen LogP contribution in [-0.2, 0) is 11.2 Å². The molecule has 4 nitrogen and oxygen atoms in total. The van der Waals surface area contributed by atoms with Gasteiger partial charge in [-0.1, -0.05) is 37.9 Å². The third kappa shape index (κ3) is 3.55. The van der Waals surface area contributed by atoms with Crippen molar-refractivity contribution < 1.29 is 4.79 Å². The first-order valence-electron chi connectivity index (χ1n) is 7.12. The van der Waals surface area contributed by atoms with Gasteiger partial charge >= 0.3 is 0 Å². The predicted molar refractivity (Wildman–Crippen MR) is 85.7 cm³/mol. The molecular formula is C14H21N3OS2. The molecule has 2 rings (SSSR count). The van der Waals surface area contributed by atoms with Gasteiger partial charge < -0.3 is 11.1 Å². The van der Waals surface area contributed by atoms with Gasteiger partial charge in [0.1, 0.15) is 0 Å². The number of nitrogens with one attached hydrogen (secondary N) is 1. The molecule has 0 unspecified atom stereocenters. The summed E-state index contributed by atoms with van der Waals surface area (Å²) in [5, 5.41) is 5.98. The summed E-state index contributed by atoms with van der Waals surface area (Å²) in [5.41, 5.74) is 5.27. The van der Waals surface area contributed by atoms with Crippen molar-refractivity contribution in [3.05, 3.63) is 16.6 Å². The van der Waals surface area contributed by atoms with Gasteiger partial charge in [-0.3, -0.25) is 4.79 Å². The predicted octanol–water partition coefficient (Wildman–Crippen LogP) is 2.43. The molecule has 1 heterocycles. The molecule has 3 N–H and O–H groups in total. The van der Waals surface area contributed by atoms with Crippen molar-refractivity contribution in [1.82, 2.24) is 10.3 Å². The maximum atomic E-state index is 12.5. The molecule has 1 aromatic heterocycles. The van der Waals surface area contributed by atoms with E-state index in [4.69, 9.17) is 18.0 Å². The molecule has 0 atom stereocenters. The summed E-state index contributed by atoms with van der Waals surface area (Å²) in [6, 6.07) is 0. The first kappa shape index (κ1) is 15.4. The Labute approximate surface area is 129 Å². The number of amides is 1. The van der Waals surface area contributed by atoms with E-state index in [1.165, 1.54) is 0 Å². The summed E-state index contributed by atoms with van der Waals surface area (Å²) in [4.78, 5) is 17.1. The highest BCUT2D eigenvalue weighted by Gasteiger charge is 2.41. The number of hydrogen-bond acceptors (Lipinski definition) is 4. The second-order valence-electron chi connectivity index (χ2n) is 5.29. The van der Waals surface area contributed by atoms with Crippen LogP contribution < -0.4 is 11.1 Å². The number of thiazole rings is 1. The normalized spacial score (nSPS) is 18.2. The van der Waals surface area contributed by atoms with Crippen LogP contribution in [0, 0.1) is 5.41 Å². The van der Waals surface area contributed by atoms with Crippen LogP contribution >= 0.6 is 23.6 Å². The summed E-state index contributed by atoms with van der Waals surface area (Å²) < 4.78 is 0. The van der Waals surface area contributed by atoms with E-state index in [2.05, 4.69) is 10.3 Å². The minimum atomic E-state index is -0.630. The lowest BCUT2D eigenvalue weighted by Gasteiger charge is -2.30. The minimum Gasteiger partial charge on any atom is -0.392 e. The number of aromatic nitrogens is 1. The SMILES string of the molecule is NC(=S)C1(C(=O)NCCc2nccs2)CCCCCC1. The highest BCUT2D eigenvalue weighted by molar-refractivity contribution is 7.80. The van der Waals surface area contributed by atoms with Gasteiger partial charge in [-0.25, -0.2) is 4.98 Å². The molecule has 1 amide bonds. The van der Waals surface area contributed by atoms with E-state index in [0.29, 0.717) is 11.5 Å². The van der Waals surface area contributed by atoms with Gasteiger partial charge in [0.2, 0.25) is 5.91 Å². The largest absolute Gasteiger partial charge is 0.392 e. The van der Waals surface area contributed by atoms with E-state index in [1.807, 2.05) is 5.38 Å². The minimum absolute atomic E-state index is 0.00320. The Kier molecular flexibility index (Phi) is 5.48. The molecule has 0 spiro atoms. The Hall–Kier alpha value is -1.01. The lowest BCUT2D eigenvalue weighted by atomic mass is 9.79. The summed E-state index contributed by atoms with van der Waals surface area (Å²) in [6.45, 7) is 0.594. The molecule has 0 aromatic carbocycles. The van der Waals surface area contributed by atoms with Crippen LogP contribution in [-0.4, -0.2) is 22.4 Å². The number of rotatable bonds is 5. The number of carbonyl (C=O) groups excluding carboxylic acids is 1. The van der Waals surface area contributed by atoms with Crippen LogP contribution in [0.2, 0.25) is 0 Å². The zero-order valence-corrected chi connectivity index (χ0v) is 13.2. The Morgan fingerprint density at radius 3 is 2.65 bits per heavy atom.